The standard InChI is InChI=1S/C15H17IN2O/c1-14(2,9-17)8-15(3)11-7-10(16)5-6-12(11)18(4)13(15)19/h5-7H,8H2,1-4H3. The van der Waals surface area contributed by atoms with Crippen LogP contribution in [0.2, 0.25) is 0 Å². The number of nitriles is 1. The molecule has 1 atom stereocenters. The molecule has 0 fully saturated rings. The van der Waals surface area contributed by atoms with E-state index in [1.165, 1.54) is 0 Å². The SMILES string of the molecule is CN1C(=O)C(C)(CC(C)(C)C#N)c2cc(I)ccc21. The third kappa shape index (κ3) is 2.25. The fraction of sp³-hybridized carbons (Fsp3) is 0.467. The lowest BCUT2D eigenvalue weighted by Crippen LogP contribution is -2.39. The molecular formula is C15H17IN2O. The summed E-state index contributed by atoms with van der Waals surface area (Å²) in [7, 11) is 1.80. The first kappa shape index (κ1) is 14.3. The van der Waals surface area contributed by atoms with Crippen LogP contribution >= 0.6 is 22.6 Å². The number of likely N-dealkylation sites (N-methyl/N-ethyl adjacent to an activating group) is 1. The summed E-state index contributed by atoms with van der Waals surface area (Å²) in [5, 5.41) is 9.25. The van der Waals surface area contributed by atoms with E-state index >= 15 is 0 Å². The Balaban J connectivity index is 2.57. The predicted octanol–water partition coefficient (Wildman–Crippen LogP) is 3.47. The lowest BCUT2D eigenvalue weighted by Gasteiger charge is -2.29. The zero-order valence-electron chi connectivity index (χ0n) is 11.6. The molecule has 1 amide bonds. The molecule has 1 aromatic rings. The Morgan fingerprint density at radius 1 is 1.47 bits per heavy atom. The van der Waals surface area contributed by atoms with E-state index in [0.717, 1.165) is 14.8 Å². The maximum atomic E-state index is 12.6. The van der Waals surface area contributed by atoms with Crippen molar-refractivity contribution in [2.75, 3.05) is 11.9 Å². The first-order chi connectivity index (χ1) is 8.71. The monoisotopic (exact) mass is 368 g/mol. The molecule has 19 heavy (non-hydrogen) atoms. The number of hydrogen-bond donors (Lipinski definition) is 0. The van der Waals surface area contributed by atoms with Gasteiger partial charge in [0, 0.05) is 16.3 Å². The van der Waals surface area contributed by atoms with Crippen LogP contribution < -0.4 is 4.90 Å². The van der Waals surface area contributed by atoms with Crippen molar-refractivity contribution in [3.05, 3.63) is 27.3 Å². The van der Waals surface area contributed by atoms with Crippen LogP contribution in [0, 0.1) is 20.3 Å². The van der Waals surface area contributed by atoms with Gasteiger partial charge in [-0.25, -0.2) is 0 Å². The van der Waals surface area contributed by atoms with Gasteiger partial charge in [0.2, 0.25) is 5.91 Å². The maximum Gasteiger partial charge on any atom is 0.237 e. The van der Waals surface area contributed by atoms with Crippen LogP contribution in [-0.2, 0) is 10.2 Å². The van der Waals surface area contributed by atoms with Crippen molar-refractivity contribution < 1.29 is 4.79 Å². The van der Waals surface area contributed by atoms with Gasteiger partial charge in [-0.3, -0.25) is 4.79 Å². The van der Waals surface area contributed by atoms with Crippen LogP contribution in [0.3, 0.4) is 0 Å². The Labute approximate surface area is 127 Å². The fourth-order valence-corrected chi connectivity index (χ4v) is 3.42. The predicted molar refractivity (Wildman–Crippen MR) is 83.9 cm³/mol. The van der Waals surface area contributed by atoms with Gasteiger partial charge in [-0.05, 0) is 73.5 Å². The van der Waals surface area contributed by atoms with Gasteiger partial charge in [0.15, 0.2) is 0 Å². The minimum atomic E-state index is -0.607. The molecule has 2 rings (SSSR count). The summed E-state index contributed by atoms with van der Waals surface area (Å²) >= 11 is 2.26. The van der Waals surface area contributed by atoms with Crippen LogP contribution in [-0.4, -0.2) is 13.0 Å². The van der Waals surface area contributed by atoms with E-state index < -0.39 is 10.8 Å². The van der Waals surface area contributed by atoms with Crippen LogP contribution in [0.25, 0.3) is 0 Å². The van der Waals surface area contributed by atoms with Crippen molar-refractivity contribution in [1.82, 2.24) is 0 Å². The van der Waals surface area contributed by atoms with Crippen LogP contribution in [0.1, 0.15) is 32.8 Å². The van der Waals surface area contributed by atoms with Crippen molar-refractivity contribution >= 4 is 34.2 Å². The smallest absolute Gasteiger partial charge is 0.237 e. The Bertz CT molecular complexity index is 588. The molecule has 3 nitrogen and oxygen atoms in total. The van der Waals surface area contributed by atoms with E-state index in [-0.39, 0.29) is 5.91 Å². The molecule has 0 aliphatic carbocycles. The van der Waals surface area contributed by atoms with E-state index in [9.17, 15) is 10.1 Å². The van der Waals surface area contributed by atoms with E-state index in [1.807, 2.05) is 32.9 Å². The number of hydrogen-bond acceptors (Lipinski definition) is 2. The molecule has 0 saturated carbocycles. The number of halogens is 1. The molecule has 0 saturated heterocycles. The molecule has 1 aromatic carbocycles. The number of carbonyl (C=O) groups excluding carboxylic acids is 1. The lowest BCUT2D eigenvalue weighted by atomic mass is 9.71. The average Bonchev–Trinajstić information content (AvgIpc) is 2.51. The summed E-state index contributed by atoms with van der Waals surface area (Å²) in [6, 6.07) is 8.35. The van der Waals surface area contributed by atoms with Crippen molar-refractivity contribution in [2.24, 2.45) is 5.41 Å². The summed E-state index contributed by atoms with van der Waals surface area (Å²) in [6.45, 7) is 5.72. The van der Waals surface area contributed by atoms with Crippen LogP contribution in [0.15, 0.2) is 18.2 Å². The highest BCUT2D eigenvalue weighted by Crippen LogP contribution is 2.47. The molecule has 0 aromatic heterocycles. The molecule has 100 valence electrons. The number of anilines is 1. The van der Waals surface area contributed by atoms with Gasteiger partial charge in [0.25, 0.3) is 0 Å². The summed E-state index contributed by atoms with van der Waals surface area (Å²) in [6.07, 6.45) is 0.534. The maximum absolute atomic E-state index is 12.6. The molecule has 0 radical (unpaired) electrons. The number of nitrogens with zero attached hydrogens (tertiary/aromatic N) is 2. The van der Waals surface area contributed by atoms with Gasteiger partial charge in [0.05, 0.1) is 16.9 Å². The second-order valence-electron chi connectivity index (χ2n) is 6.03. The summed E-state index contributed by atoms with van der Waals surface area (Å²) < 4.78 is 1.11. The average molecular weight is 368 g/mol. The lowest BCUT2D eigenvalue weighted by molar-refractivity contribution is -0.123. The highest BCUT2D eigenvalue weighted by molar-refractivity contribution is 14.1. The fourth-order valence-electron chi connectivity index (χ4n) is 2.93. The Morgan fingerprint density at radius 3 is 2.68 bits per heavy atom. The summed E-state index contributed by atoms with van der Waals surface area (Å²) in [4.78, 5) is 14.3. The molecule has 1 aliphatic rings. The second kappa shape index (κ2) is 4.48. The van der Waals surface area contributed by atoms with E-state index in [0.29, 0.717) is 6.42 Å². The van der Waals surface area contributed by atoms with Crippen molar-refractivity contribution in [3.8, 4) is 6.07 Å². The van der Waals surface area contributed by atoms with Gasteiger partial charge in [-0.2, -0.15) is 5.26 Å². The largest absolute Gasteiger partial charge is 0.314 e. The molecule has 0 N–H and O–H groups in total. The zero-order valence-corrected chi connectivity index (χ0v) is 13.8. The topological polar surface area (TPSA) is 44.1 Å². The normalized spacial score (nSPS) is 22.3. The minimum absolute atomic E-state index is 0.0767. The van der Waals surface area contributed by atoms with Gasteiger partial charge in [0.1, 0.15) is 0 Å². The van der Waals surface area contributed by atoms with Crippen molar-refractivity contribution in [2.45, 2.75) is 32.6 Å². The van der Waals surface area contributed by atoms with Gasteiger partial charge < -0.3 is 4.90 Å². The summed E-state index contributed by atoms with van der Waals surface area (Å²) in [5.74, 6) is 0.0767. The Hall–Kier alpha value is -1.09. The number of carbonyl (C=O) groups is 1. The third-order valence-corrected chi connectivity index (χ3v) is 4.46. The quantitative estimate of drug-likeness (QED) is 0.751. The molecule has 4 heteroatoms. The first-order valence-electron chi connectivity index (χ1n) is 6.21. The molecular weight excluding hydrogens is 351 g/mol. The number of fused-ring (bicyclic) bond motifs is 1. The molecule has 0 bridgehead atoms. The van der Waals surface area contributed by atoms with Crippen LogP contribution in [0.4, 0.5) is 5.69 Å². The molecule has 1 heterocycles. The molecule has 0 spiro atoms. The zero-order chi connectivity index (χ0) is 14.4. The highest BCUT2D eigenvalue weighted by atomic mass is 127. The van der Waals surface area contributed by atoms with E-state index in [4.69, 9.17) is 0 Å². The number of rotatable bonds is 2. The number of amides is 1. The van der Waals surface area contributed by atoms with Crippen LogP contribution in [0.5, 0.6) is 0 Å². The highest BCUT2D eigenvalue weighted by Gasteiger charge is 2.48. The summed E-state index contributed by atoms with van der Waals surface area (Å²) in [5.41, 5.74) is 0.871. The van der Waals surface area contributed by atoms with Crippen molar-refractivity contribution in [1.29, 1.82) is 5.26 Å². The van der Waals surface area contributed by atoms with Gasteiger partial charge in [-0.1, -0.05) is 0 Å². The Kier molecular flexibility index (Phi) is 3.38. The molecule has 1 aliphatic heterocycles. The van der Waals surface area contributed by atoms with Gasteiger partial charge >= 0.3 is 0 Å². The number of benzene rings is 1. The van der Waals surface area contributed by atoms with E-state index in [1.54, 1.807) is 11.9 Å². The van der Waals surface area contributed by atoms with Crippen molar-refractivity contribution in [3.63, 3.8) is 0 Å². The third-order valence-electron chi connectivity index (χ3n) is 3.79. The van der Waals surface area contributed by atoms with Gasteiger partial charge in [-0.15, -0.1) is 0 Å². The molecule has 1 unspecified atom stereocenters. The van der Waals surface area contributed by atoms with E-state index in [2.05, 4.69) is 34.7 Å². The minimum Gasteiger partial charge on any atom is -0.314 e. The second-order valence-corrected chi connectivity index (χ2v) is 7.28. The Morgan fingerprint density at radius 2 is 2.11 bits per heavy atom. The first-order valence-corrected chi connectivity index (χ1v) is 7.29.